The van der Waals surface area contributed by atoms with Crippen LogP contribution in [0.1, 0.15) is 24.2 Å². The predicted octanol–water partition coefficient (Wildman–Crippen LogP) is 5.38. The Balaban J connectivity index is 1.46. The Kier molecular flexibility index (Phi) is 4.99. The van der Waals surface area contributed by atoms with Crippen molar-refractivity contribution in [2.45, 2.75) is 19.4 Å². The van der Waals surface area contributed by atoms with Gasteiger partial charge in [0, 0.05) is 10.9 Å². The van der Waals surface area contributed by atoms with Gasteiger partial charge in [0.1, 0.15) is 5.01 Å². The molecule has 1 N–H and O–H groups in total. The molecule has 0 spiro atoms. The molecule has 1 unspecified atom stereocenters. The van der Waals surface area contributed by atoms with E-state index in [9.17, 15) is 4.79 Å². The van der Waals surface area contributed by atoms with Crippen LogP contribution in [0.5, 0.6) is 0 Å². The minimum absolute atomic E-state index is 0.0136. The number of thiazole rings is 1. The third-order valence-electron chi connectivity index (χ3n) is 4.58. The first-order valence-electron chi connectivity index (χ1n) is 8.97. The lowest BCUT2D eigenvalue weighted by Gasteiger charge is -2.16. The van der Waals surface area contributed by atoms with Gasteiger partial charge in [-0.1, -0.05) is 72.8 Å². The molecule has 134 valence electrons. The summed E-state index contributed by atoms with van der Waals surface area (Å²) >= 11 is 1.57. The summed E-state index contributed by atoms with van der Waals surface area (Å²) in [5.74, 6) is -0.0136. The number of carbonyl (C=O) groups excluding carboxylic acids is 1. The van der Waals surface area contributed by atoms with Crippen molar-refractivity contribution in [2.75, 3.05) is 0 Å². The van der Waals surface area contributed by atoms with Crippen molar-refractivity contribution >= 4 is 28.0 Å². The Morgan fingerprint density at radius 3 is 2.59 bits per heavy atom. The number of fused-ring (bicyclic) bond motifs is 1. The van der Waals surface area contributed by atoms with Crippen LogP contribution in [0.25, 0.3) is 21.3 Å². The maximum atomic E-state index is 12.5. The number of nitrogens with one attached hydrogen (secondary N) is 1. The fraction of sp³-hybridized carbons (Fsp3) is 0.130. The fourth-order valence-electron chi connectivity index (χ4n) is 3.26. The fourth-order valence-corrected chi connectivity index (χ4v) is 4.09. The van der Waals surface area contributed by atoms with Crippen LogP contribution in [-0.4, -0.2) is 10.9 Å². The Bertz CT molecular complexity index is 1070. The van der Waals surface area contributed by atoms with Crippen LogP contribution in [0.15, 0.2) is 78.2 Å². The molecule has 4 rings (SSSR count). The summed E-state index contributed by atoms with van der Waals surface area (Å²) in [6, 6.07) is 24.4. The lowest BCUT2D eigenvalue weighted by atomic mass is 9.99. The lowest BCUT2D eigenvalue weighted by molar-refractivity contribution is -0.121. The molecular formula is C23H20N2OS. The van der Waals surface area contributed by atoms with Gasteiger partial charge in [-0.3, -0.25) is 4.79 Å². The molecular weight excluding hydrogens is 352 g/mol. The molecule has 0 fully saturated rings. The van der Waals surface area contributed by atoms with Crippen LogP contribution in [0, 0.1) is 0 Å². The van der Waals surface area contributed by atoms with E-state index in [2.05, 4.69) is 34.6 Å². The predicted molar refractivity (Wildman–Crippen MR) is 112 cm³/mol. The summed E-state index contributed by atoms with van der Waals surface area (Å²) in [5, 5.41) is 8.38. The molecule has 0 saturated carbocycles. The standard InChI is InChI=1S/C23H20N2OS/c1-16(20-13-7-11-17-8-5-6-12-21(17)20)24-22(26)14-19-15-27-23(25-19)18-9-3-2-4-10-18/h2-13,15-16H,14H2,1H3,(H,24,26). The van der Waals surface area contributed by atoms with Gasteiger partial charge in [0.05, 0.1) is 18.2 Å². The molecule has 4 aromatic rings. The number of hydrogen-bond acceptors (Lipinski definition) is 3. The van der Waals surface area contributed by atoms with E-state index in [-0.39, 0.29) is 11.9 Å². The molecule has 27 heavy (non-hydrogen) atoms. The number of hydrogen-bond donors (Lipinski definition) is 1. The van der Waals surface area contributed by atoms with Crippen molar-refractivity contribution in [3.05, 3.63) is 89.4 Å². The van der Waals surface area contributed by atoms with Crippen molar-refractivity contribution in [1.82, 2.24) is 10.3 Å². The maximum absolute atomic E-state index is 12.5. The van der Waals surface area contributed by atoms with Crippen molar-refractivity contribution in [3.63, 3.8) is 0 Å². The quantitative estimate of drug-likeness (QED) is 0.511. The highest BCUT2D eigenvalue weighted by molar-refractivity contribution is 7.13. The Morgan fingerprint density at radius 2 is 1.74 bits per heavy atom. The molecule has 0 aliphatic heterocycles. The summed E-state index contributed by atoms with van der Waals surface area (Å²) in [5.41, 5.74) is 3.02. The summed E-state index contributed by atoms with van der Waals surface area (Å²) in [6.45, 7) is 2.02. The minimum atomic E-state index is -0.0594. The van der Waals surface area contributed by atoms with Gasteiger partial charge in [0.25, 0.3) is 0 Å². The molecule has 1 aromatic heterocycles. The number of nitrogens with zero attached hydrogens (tertiary/aromatic N) is 1. The monoisotopic (exact) mass is 372 g/mol. The molecule has 3 nitrogen and oxygen atoms in total. The number of amides is 1. The Hall–Kier alpha value is -2.98. The van der Waals surface area contributed by atoms with Crippen LogP contribution >= 0.6 is 11.3 Å². The first kappa shape index (κ1) is 17.4. The molecule has 1 atom stereocenters. The largest absolute Gasteiger partial charge is 0.349 e. The van der Waals surface area contributed by atoms with E-state index < -0.39 is 0 Å². The van der Waals surface area contributed by atoms with Crippen LogP contribution in [0.4, 0.5) is 0 Å². The van der Waals surface area contributed by atoms with Crippen LogP contribution in [0.2, 0.25) is 0 Å². The van der Waals surface area contributed by atoms with E-state index in [1.54, 1.807) is 11.3 Å². The van der Waals surface area contributed by atoms with Crippen LogP contribution in [-0.2, 0) is 11.2 Å². The summed E-state index contributed by atoms with van der Waals surface area (Å²) in [4.78, 5) is 17.1. The normalized spacial score (nSPS) is 12.0. The number of carbonyl (C=O) groups is 1. The summed E-state index contributed by atoms with van der Waals surface area (Å²) in [7, 11) is 0. The second-order valence-electron chi connectivity index (χ2n) is 6.54. The van der Waals surface area contributed by atoms with E-state index in [1.807, 2.05) is 60.8 Å². The molecule has 1 heterocycles. The zero-order valence-corrected chi connectivity index (χ0v) is 15.9. The van der Waals surface area contributed by atoms with Gasteiger partial charge >= 0.3 is 0 Å². The van der Waals surface area contributed by atoms with Gasteiger partial charge in [0.2, 0.25) is 5.91 Å². The molecule has 0 radical (unpaired) electrons. The van der Waals surface area contributed by atoms with Gasteiger partial charge in [-0.25, -0.2) is 4.98 Å². The van der Waals surface area contributed by atoms with Crippen molar-refractivity contribution in [1.29, 1.82) is 0 Å². The highest BCUT2D eigenvalue weighted by atomic mass is 32.1. The Morgan fingerprint density at radius 1 is 1.00 bits per heavy atom. The van der Waals surface area contributed by atoms with E-state index in [0.717, 1.165) is 21.8 Å². The summed E-state index contributed by atoms with van der Waals surface area (Å²) in [6.07, 6.45) is 0.290. The lowest BCUT2D eigenvalue weighted by Crippen LogP contribution is -2.28. The maximum Gasteiger partial charge on any atom is 0.226 e. The van der Waals surface area contributed by atoms with E-state index in [4.69, 9.17) is 0 Å². The van der Waals surface area contributed by atoms with Gasteiger partial charge < -0.3 is 5.32 Å². The first-order chi connectivity index (χ1) is 13.2. The van der Waals surface area contributed by atoms with Crippen molar-refractivity contribution in [3.8, 4) is 10.6 Å². The van der Waals surface area contributed by atoms with Crippen LogP contribution < -0.4 is 5.32 Å². The van der Waals surface area contributed by atoms with E-state index >= 15 is 0 Å². The highest BCUT2D eigenvalue weighted by Crippen LogP contribution is 2.25. The van der Waals surface area contributed by atoms with Crippen molar-refractivity contribution in [2.24, 2.45) is 0 Å². The average Bonchev–Trinajstić information content (AvgIpc) is 3.16. The number of rotatable bonds is 5. The van der Waals surface area contributed by atoms with E-state index in [0.29, 0.717) is 6.42 Å². The third kappa shape index (κ3) is 3.91. The van der Waals surface area contributed by atoms with Gasteiger partial charge in [-0.05, 0) is 23.3 Å². The smallest absolute Gasteiger partial charge is 0.226 e. The summed E-state index contributed by atoms with van der Waals surface area (Å²) < 4.78 is 0. The number of benzene rings is 3. The zero-order valence-electron chi connectivity index (χ0n) is 15.1. The molecule has 0 bridgehead atoms. The Labute approximate surface area is 162 Å². The third-order valence-corrected chi connectivity index (χ3v) is 5.52. The highest BCUT2D eigenvalue weighted by Gasteiger charge is 2.14. The molecule has 1 amide bonds. The second-order valence-corrected chi connectivity index (χ2v) is 7.40. The topological polar surface area (TPSA) is 42.0 Å². The average molecular weight is 372 g/mol. The first-order valence-corrected chi connectivity index (χ1v) is 9.85. The van der Waals surface area contributed by atoms with Gasteiger partial charge in [0.15, 0.2) is 0 Å². The second kappa shape index (κ2) is 7.72. The zero-order chi connectivity index (χ0) is 18.6. The van der Waals surface area contributed by atoms with Gasteiger partial charge in [-0.2, -0.15) is 0 Å². The van der Waals surface area contributed by atoms with Crippen molar-refractivity contribution < 1.29 is 4.79 Å². The number of aromatic nitrogens is 1. The molecule has 4 heteroatoms. The van der Waals surface area contributed by atoms with Gasteiger partial charge in [-0.15, -0.1) is 11.3 Å². The molecule has 3 aromatic carbocycles. The molecule has 0 saturated heterocycles. The minimum Gasteiger partial charge on any atom is -0.349 e. The van der Waals surface area contributed by atoms with E-state index in [1.165, 1.54) is 10.8 Å². The molecule has 0 aliphatic rings. The van der Waals surface area contributed by atoms with Crippen LogP contribution in [0.3, 0.4) is 0 Å². The SMILES string of the molecule is CC(NC(=O)Cc1csc(-c2ccccc2)n1)c1cccc2ccccc12. The molecule has 0 aliphatic carbocycles.